The molecule has 0 fully saturated rings. The second kappa shape index (κ2) is 9.86. The molecule has 0 aliphatic heterocycles. The van der Waals surface area contributed by atoms with Gasteiger partial charge >= 0.3 is 6.18 Å². The van der Waals surface area contributed by atoms with E-state index < -0.39 is 27.7 Å². The maximum absolute atomic E-state index is 12.9. The molecule has 0 heterocycles. The second-order valence-electron chi connectivity index (χ2n) is 7.05. The summed E-state index contributed by atoms with van der Waals surface area (Å²) in [4.78, 5) is 24.1. The predicted octanol–water partition coefficient (Wildman–Crippen LogP) is 5.11. The fourth-order valence-electron chi connectivity index (χ4n) is 2.93. The molecule has 0 saturated carbocycles. The third kappa shape index (κ3) is 6.66. The molecule has 0 unspecified atom stereocenters. The predicted molar refractivity (Wildman–Crippen MR) is 117 cm³/mol. The average Bonchev–Trinajstić information content (AvgIpc) is 2.77. The summed E-state index contributed by atoms with van der Waals surface area (Å²) < 4.78 is 66.0. The molecular formula is C23H19F3N2O4S. The van der Waals surface area contributed by atoms with Crippen molar-refractivity contribution >= 4 is 33.1 Å². The van der Waals surface area contributed by atoms with Crippen molar-refractivity contribution in [2.24, 2.45) is 0 Å². The number of hydrogen-bond donors (Lipinski definition) is 2. The Bertz CT molecular complexity index is 1260. The lowest BCUT2D eigenvalue weighted by Crippen LogP contribution is -2.16. The number of nitrogens with one attached hydrogen (secondary N) is 2. The molecule has 0 radical (unpaired) electrons. The standard InChI is InChI=1S/C23H19F3N2O4S/c24-23(25,26)17-8-4-10-19(14-17)28-33(31,32)20-11-5-9-18(15-20)27-22(30)13-12-21(29)16-6-2-1-3-7-16/h1-11,14-15,28H,12-13H2,(H,27,30). The van der Waals surface area contributed by atoms with Crippen LogP contribution in [0, 0.1) is 0 Å². The van der Waals surface area contributed by atoms with Gasteiger partial charge in [0.2, 0.25) is 5.91 Å². The number of sulfonamides is 1. The van der Waals surface area contributed by atoms with E-state index in [2.05, 4.69) is 10.0 Å². The zero-order valence-corrected chi connectivity index (χ0v) is 17.9. The summed E-state index contributed by atoms with van der Waals surface area (Å²) >= 11 is 0. The van der Waals surface area contributed by atoms with Crippen LogP contribution in [-0.4, -0.2) is 20.1 Å². The first kappa shape index (κ1) is 24.0. The van der Waals surface area contributed by atoms with Gasteiger partial charge < -0.3 is 5.32 Å². The van der Waals surface area contributed by atoms with E-state index >= 15 is 0 Å². The Balaban J connectivity index is 1.66. The molecule has 0 spiro atoms. The summed E-state index contributed by atoms with van der Waals surface area (Å²) in [5.74, 6) is -0.688. The van der Waals surface area contributed by atoms with Crippen LogP contribution in [0.15, 0.2) is 83.8 Å². The van der Waals surface area contributed by atoms with Gasteiger partial charge in [-0.15, -0.1) is 0 Å². The molecule has 0 atom stereocenters. The molecule has 3 rings (SSSR count). The highest BCUT2D eigenvalue weighted by atomic mass is 32.2. The molecule has 2 N–H and O–H groups in total. The first-order valence-electron chi connectivity index (χ1n) is 9.73. The molecule has 0 aromatic heterocycles. The maximum atomic E-state index is 12.9. The van der Waals surface area contributed by atoms with Crippen LogP contribution in [0.3, 0.4) is 0 Å². The van der Waals surface area contributed by atoms with Crippen LogP contribution in [0.4, 0.5) is 24.5 Å². The van der Waals surface area contributed by atoms with Gasteiger partial charge in [-0.3, -0.25) is 14.3 Å². The molecule has 0 aliphatic carbocycles. The Kier molecular flexibility index (Phi) is 7.17. The first-order chi connectivity index (χ1) is 15.5. The second-order valence-corrected chi connectivity index (χ2v) is 8.73. The van der Waals surface area contributed by atoms with Gasteiger partial charge in [0.05, 0.1) is 10.5 Å². The van der Waals surface area contributed by atoms with E-state index in [0.29, 0.717) is 11.6 Å². The zero-order chi connectivity index (χ0) is 24.1. The summed E-state index contributed by atoms with van der Waals surface area (Å²) in [6, 6.07) is 17.5. The minimum Gasteiger partial charge on any atom is -0.326 e. The van der Waals surface area contributed by atoms with Crippen LogP contribution in [0.2, 0.25) is 0 Å². The van der Waals surface area contributed by atoms with Crippen LogP contribution in [-0.2, 0) is 21.0 Å². The topological polar surface area (TPSA) is 92.3 Å². The molecule has 10 heteroatoms. The monoisotopic (exact) mass is 476 g/mol. The van der Waals surface area contributed by atoms with Crippen molar-refractivity contribution in [1.82, 2.24) is 0 Å². The Labute approximate surface area is 188 Å². The molecule has 0 saturated heterocycles. The number of ketones is 1. The number of benzene rings is 3. The maximum Gasteiger partial charge on any atom is 0.416 e. The third-order valence-corrected chi connectivity index (χ3v) is 5.92. The van der Waals surface area contributed by atoms with E-state index in [4.69, 9.17) is 0 Å². The average molecular weight is 476 g/mol. The van der Waals surface area contributed by atoms with Crippen molar-refractivity contribution in [3.63, 3.8) is 0 Å². The van der Waals surface area contributed by atoms with E-state index in [9.17, 15) is 31.2 Å². The highest BCUT2D eigenvalue weighted by Crippen LogP contribution is 2.31. The molecule has 0 aliphatic rings. The van der Waals surface area contributed by atoms with Crippen molar-refractivity contribution in [3.8, 4) is 0 Å². The van der Waals surface area contributed by atoms with E-state index in [-0.39, 0.29) is 34.9 Å². The summed E-state index contributed by atoms with van der Waals surface area (Å²) in [6.07, 6.45) is -4.74. The Morgan fingerprint density at radius 3 is 2.15 bits per heavy atom. The quantitative estimate of drug-likeness (QED) is 0.442. The number of carbonyl (C=O) groups excluding carboxylic acids is 2. The number of alkyl halides is 3. The van der Waals surface area contributed by atoms with Crippen LogP contribution in [0.1, 0.15) is 28.8 Å². The number of Topliss-reactive ketones (excluding diaryl/α,β-unsaturated/α-hetero) is 1. The van der Waals surface area contributed by atoms with Crippen molar-refractivity contribution in [1.29, 1.82) is 0 Å². The third-order valence-electron chi connectivity index (χ3n) is 4.55. The zero-order valence-electron chi connectivity index (χ0n) is 17.1. The van der Waals surface area contributed by atoms with E-state index in [1.165, 1.54) is 30.3 Å². The van der Waals surface area contributed by atoms with Gasteiger partial charge in [-0.25, -0.2) is 8.42 Å². The number of halogens is 3. The number of amides is 1. The van der Waals surface area contributed by atoms with E-state index in [1.54, 1.807) is 30.3 Å². The number of carbonyl (C=O) groups is 2. The van der Waals surface area contributed by atoms with Crippen LogP contribution < -0.4 is 10.0 Å². The molecule has 33 heavy (non-hydrogen) atoms. The molecule has 172 valence electrons. The highest BCUT2D eigenvalue weighted by molar-refractivity contribution is 7.92. The molecule has 3 aromatic carbocycles. The lowest BCUT2D eigenvalue weighted by Gasteiger charge is -2.12. The minimum absolute atomic E-state index is 0.0229. The molecular weight excluding hydrogens is 457 g/mol. The van der Waals surface area contributed by atoms with Crippen LogP contribution >= 0.6 is 0 Å². The number of anilines is 2. The van der Waals surface area contributed by atoms with Crippen LogP contribution in [0.25, 0.3) is 0 Å². The number of hydrogen-bond acceptors (Lipinski definition) is 4. The van der Waals surface area contributed by atoms with Gasteiger partial charge in [0, 0.05) is 29.8 Å². The highest BCUT2D eigenvalue weighted by Gasteiger charge is 2.30. The van der Waals surface area contributed by atoms with Gasteiger partial charge in [-0.1, -0.05) is 42.5 Å². The summed E-state index contributed by atoms with van der Waals surface area (Å²) in [7, 11) is -4.22. The largest absolute Gasteiger partial charge is 0.416 e. The molecule has 6 nitrogen and oxygen atoms in total. The van der Waals surface area contributed by atoms with Crippen molar-refractivity contribution in [2.75, 3.05) is 10.0 Å². The summed E-state index contributed by atoms with van der Waals surface area (Å²) in [5.41, 5.74) is -0.592. The van der Waals surface area contributed by atoms with Crippen molar-refractivity contribution in [3.05, 3.63) is 90.0 Å². The van der Waals surface area contributed by atoms with Gasteiger partial charge in [-0.2, -0.15) is 13.2 Å². The van der Waals surface area contributed by atoms with E-state index in [1.807, 2.05) is 0 Å². The van der Waals surface area contributed by atoms with Gasteiger partial charge in [0.25, 0.3) is 10.0 Å². The fourth-order valence-corrected chi connectivity index (χ4v) is 4.03. The Morgan fingerprint density at radius 2 is 1.45 bits per heavy atom. The first-order valence-corrected chi connectivity index (χ1v) is 11.2. The number of rotatable bonds is 8. The summed E-state index contributed by atoms with van der Waals surface area (Å²) in [5, 5.41) is 2.52. The van der Waals surface area contributed by atoms with Crippen LogP contribution in [0.5, 0.6) is 0 Å². The van der Waals surface area contributed by atoms with Crippen molar-refractivity contribution < 1.29 is 31.2 Å². The van der Waals surface area contributed by atoms with Crippen molar-refractivity contribution in [2.45, 2.75) is 23.9 Å². The Morgan fingerprint density at radius 1 is 0.788 bits per heavy atom. The molecule has 0 bridgehead atoms. The lowest BCUT2D eigenvalue weighted by molar-refractivity contribution is -0.137. The minimum atomic E-state index is -4.62. The molecule has 3 aromatic rings. The van der Waals surface area contributed by atoms with Gasteiger partial charge in [-0.05, 0) is 36.4 Å². The smallest absolute Gasteiger partial charge is 0.326 e. The lowest BCUT2D eigenvalue weighted by atomic mass is 10.1. The van der Waals surface area contributed by atoms with Gasteiger partial charge in [0.15, 0.2) is 5.78 Å². The SMILES string of the molecule is O=C(CCC(=O)c1ccccc1)Nc1cccc(S(=O)(=O)Nc2cccc(C(F)(F)F)c2)c1. The van der Waals surface area contributed by atoms with Gasteiger partial charge in [0.1, 0.15) is 0 Å². The fraction of sp³-hybridized carbons (Fsp3) is 0.130. The molecule has 1 amide bonds. The summed E-state index contributed by atoms with van der Waals surface area (Å²) in [6.45, 7) is 0. The normalized spacial score (nSPS) is 11.6. The van der Waals surface area contributed by atoms with E-state index in [0.717, 1.165) is 12.1 Å². The Hall–Kier alpha value is -3.66.